The molecule has 5 nitrogen and oxygen atoms in total. The van der Waals surface area contributed by atoms with Gasteiger partial charge in [-0.1, -0.05) is 6.07 Å². The average Bonchev–Trinajstić information content (AvgIpc) is 3.11. The topological polar surface area (TPSA) is 63.0 Å². The van der Waals surface area contributed by atoms with Gasteiger partial charge in [-0.25, -0.2) is 9.67 Å². The summed E-state index contributed by atoms with van der Waals surface area (Å²) in [5, 5.41) is 18.6. The fourth-order valence-electron chi connectivity index (χ4n) is 2.83. The highest BCUT2D eigenvalue weighted by atomic mass is 32.1. The Labute approximate surface area is 126 Å². The quantitative estimate of drug-likeness (QED) is 0.779. The molecule has 21 heavy (non-hydrogen) atoms. The van der Waals surface area contributed by atoms with Crippen molar-refractivity contribution in [3.63, 3.8) is 0 Å². The van der Waals surface area contributed by atoms with Gasteiger partial charge >= 0.3 is 0 Å². The van der Waals surface area contributed by atoms with Crippen molar-refractivity contribution in [1.82, 2.24) is 20.1 Å². The molecule has 2 aromatic heterocycles. The van der Waals surface area contributed by atoms with Crippen molar-refractivity contribution in [2.24, 2.45) is 0 Å². The van der Waals surface area contributed by atoms with Crippen molar-refractivity contribution in [2.75, 3.05) is 0 Å². The van der Waals surface area contributed by atoms with Gasteiger partial charge in [-0.15, -0.1) is 11.3 Å². The number of aromatic hydroxyl groups is 1. The molecule has 4 rings (SSSR count). The highest BCUT2D eigenvalue weighted by Gasteiger charge is 2.19. The maximum atomic E-state index is 9.85. The molecule has 0 fully saturated rings. The van der Waals surface area contributed by atoms with Crippen LogP contribution in [0.3, 0.4) is 0 Å². The van der Waals surface area contributed by atoms with Crippen molar-refractivity contribution in [1.29, 1.82) is 0 Å². The molecular formula is C15H16N4OS. The Morgan fingerprint density at radius 2 is 2.38 bits per heavy atom. The van der Waals surface area contributed by atoms with Crippen LogP contribution in [0.4, 0.5) is 0 Å². The first kappa shape index (κ1) is 12.8. The summed E-state index contributed by atoms with van der Waals surface area (Å²) in [5.41, 5.74) is 0. The van der Waals surface area contributed by atoms with Crippen LogP contribution in [0.25, 0.3) is 10.1 Å². The number of benzene rings is 1. The average molecular weight is 300 g/mol. The minimum absolute atomic E-state index is 0.361. The molecule has 1 aliphatic heterocycles. The number of aryl methyl sites for hydroxylation is 1. The van der Waals surface area contributed by atoms with Crippen LogP contribution in [0.1, 0.15) is 17.1 Å². The summed E-state index contributed by atoms with van der Waals surface area (Å²) in [4.78, 5) is 5.49. The molecule has 3 heterocycles. The minimum Gasteiger partial charge on any atom is -0.507 e. The van der Waals surface area contributed by atoms with Gasteiger partial charge in [0, 0.05) is 34.0 Å². The van der Waals surface area contributed by atoms with E-state index in [0.29, 0.717) is 11.8 Å². The van der Waals surface area contributed by atoms with Gasteiger partial charge in [0.2, 0.25) is 0 Å². The van der Waals surface area contributed by atoms with Gasteiger partial charge in [-0.2, -0.15) is 5.10 Å². The van der Waals surface area contributed by atoms with Crippen LogP contribution >= 0.6 is 11.3 Å². The fraction of sp³-hybridized carbons (Fsp3) is 0.333. The molecule has 0 bridgehead atoms. The van der Waals surface area contributed by atoms with Crippen molar-refractivity contribution in [2.45, 2.75) is 32.0 Å². The summed E-state index contributed by atoms with van der Waals surface area (Å²) in [6.45, 7) is 1.71. The summed E-state index contributed by atoms with van der Waals surface area (Å²) >= 11 is 1.73. The Morgan fingerprint density at radius 1 is 1.43 bits per heavy atom. The summed E-state index contributed by atoms with van der Waals surface area (Å²) in [6, 6.07) is 8.17. The summed E-state index contributed by atoms with van der Waals surface area (Å²) < 4.78 is 3.12. The summed E-state index contributed by atoms with van der Waals surface area (Å²) in [7, 11) is 0. The number of nitrogens with zero attached hydrogens (tertiary/aromatic N) is 3. The molecule has 1 aromatic carbocycles. The number of phenols is 1. The zero-order valence-corrected chi connectivity index (χ0v) is 12.3. The van der Waals surface area contributed by atoms with Gasteiger partial charge < -0.3 is 10.4 Å². The minimum atomic E-state index is 0.361. The third-order valence-electron chi connectivity index (χ3n) is 3.96. The lowest BCUT2D eigenvalue weighted by Gasteiger charge is -2.23. The Kier molecular flexibility index (Phi) is 3.12. The van der Waals surface area contributed by atoms with Crippen LogP contribution in [0.5, 0.6) is 5.75 Å². The second-order valence-corrected chi connectivity index (χ2v) is 6.54. The monoisotopic (exact) mass is 300 g/mol. The van der Waals surface area contributed by atoms with Crippen LogP contribution in [0.15, 0.2) is 30.6 Å². The zero-order valence-electron chi connectivity index (χ0n) is 11.5. The van der Waals surface area contributed by atoms with Crippen LogP contribution < -0.4 is 5.32 Å². The summed E-state index contributed by atoms with van der Waals surface area (Å²) in [5.74, 6) is 1.44. The molecule has 1 atom stereocenters. The number of thiophene rings is 1. The van der Waals surface area contributed by atoms with E-state index in [4.69, 9.17) is 0 Å². The molecule has 0 saturated heterocycles. The van der Waals surface area contributed by atoms with Gasteiger partial charge in [-0.05, 0) is 24.6 Å². The van der Waals surface area contributed by atoms with E-state index in [1.807, 2.05) is 16.8 Å². The zero-order chi connectivity index (χ0) is 14.2. The van der Waals surface area contributed by atoms with Crippen molar-refractivity contribution >= 4 is 21.4 Å². The maximum absolute atomic E-state index is 9.85. The molecular weight excluding hydrogens is 284 g/mol. The molecule has 0 amide bonds. The van der Waals surface area contributed by atoms with Gasteiger partial charge in [0.15, 0.2) is 0 Å². The molecule has 3 aromatic rings. The van der Waals surface area contributed by atoms with E-state index in [2.05, 4.69) is 21.5 Å². The van der Waals surface area contributed by atoms with Gasteiger partial charge in [0.05, 0.1) is 6.54 Å². The maximum Gasteiger partial charge on any atom is 0.138 e. The van der Waals surface area contributed by atoms with Crippen LogP contribution in [-0.2, 0) is 19.5 Å². The lowest BCUT2D eigenvalue weighted by atomic mass is 10.1. The molecule has 6 heteroatoms. The van der Waals surface area contributed by atoms with Crippen molar-refractivity contribution in [3.05, 3.63) is 41.3 Å². The van der Waals surface area contributed by atoms with E-state index in [9.17, 15) is 5.11 Å². The molecule has 0 spiro atoms. The van der Waals surface area contributed by atoms with Gasteiger partial charge in [0.25, 0.3) is 0 Å². The second-order valence-electron chi connectivity index (χ2n) is 5.38. The van der Waals surface area contributed by atoms with E-state index in [-0.39, 0.29) is 0 Å². The van der Waals surface area contributed by atoms with E-state index in [1.54, 1.807) is 23.7 Å². The normalized spacial score (nSPS) is 18.0. The Hall–Kier alpha value is -1.92. The van der Waals surface area contributed by atoms with Crippen molar-refractivity contribution < 1.29 is 5.11 Å². The van der Waals surface area contributed by atoms with E-state index in [1.165, 1.54) is 4.88 Å². The standard InChI is InChI=1S/C15H16N4OS/c20-13-2-1-3-14-12(13)6-11(21-14)7-16-10-4-5-15-17-9-18-19(15)8-10/h1-3,6,9-10,16,20H,4-5,7-8H2. The fourth-order valence-corrected chi connectivity index (χ4v) is 3.87. The first-order valence-electron chi connectivity index (χ1n) is 7.10. The first-order chi connectivity index (χ1) is 10.3. The highest BCUT2D eigenvalue weighted by molar-refractivity contribution is 7.19. The Morgan fingerprint density at radius 3 is 3.29 bits per heavy atom. The van der Waals surface area contributed by atoms with Crippen molar-refractivity contribution in [3.8, 4) is 5.75 Å². The lowest BCUT2D eigenvalue weighted by Crippen LogP contribution is -2.37. The van der Waals surface area contributed by atoms with Gasteiger partial charge in [-0.3, -0.25) is 0 Å². The van der Waals surface area contributed by atoms with E-state index < -0.39 is 0 Å². The molecule has 108 valence electrons. The van der Waals surface area contributed by atoms with E-state index in [0.717, 1.165) is 41.8 Å². The molecule has 1 unspecified atom stereocenters. The predicted octanol–water partition coefficient (Wildman–Crippen LogP) is 2.30. The number of nitrogens with one attached hydrogen (secondary N) is 1. The Bertz CT molecular complexity index is 779. The first-order valence-corrected chi connectivity index (χ1v) is 7.92. The van der Waals surface area contributed by atoms with Crippen LogP contribution in [0, 0.1) is 0 Å². The highest BCUT2D eigenvalue weighted by Crippen LogP contribution is 2.31. The predicted molar refractivity (Wildman–Crippen MR) is 82.5 cm³/mol. The SMILES string of the molecule is Oc1cccc2sc(CNC3CCc4ncnn4C3)cc12. The van der Waals surface area contributed by atoms with Gasteiger partial charge in [0.1, 0.15) is 17.9 Å². The molecule has 0 radical (unpaired) electrons. The van der Waals surface area contributed by atoms with Crippen LogP contribution in [-0.4, -0.2) is 25.9 Å². The number of rotatable bonds is 3. The molecule has 2 N–H and O–H groups in total. The Balaban J connectivity index is 1.45. The third kappa shape index (κ3) is 2.41. The smallest absolute Gasteiger partial charge is 0.138 e. The number of hydrogen-bond donors (Lipinski definition) is 2. The molecule has 1 aliphatic rings. The van der Waals surface area contributed by atoms with Crippen LogP contribution in [0.2, 0.25) is 0 Å². The third-order valence-corrected chi connectivity index (χ3v) is 5.06. The largest absolute Gasteiger partial charge is 0.507 e. The number of fused-ring (bicyclic) bond motifs is 2. The number of phenolic OH excluding ortho intramolecular Hbond substituents is 1. The lowest BCUT2D eigenvalue weighted by molar-refractivity contribution is 0.359. The second kappa shape index (κ2) is 5.13. The number of hydrogen-bond acceptors (Lipinski definition) is 5. The summed E-state index contributed by atoms with van der Waals surface area (Å²) in [6.07, 6.45) is 3.70. The molecule has 0 saturated carbocycles. The molecule has 0 aliphatic carbocycles. The van der Waals surface area contributed by atoms with E-state index >= 15 is 0 Å². The number of aromatic nitrogens is 3.